The predicted molar refractivity (Wildman–Crippen MR) is 106 cm³/mol. The molecule has 0 unspecified atom stereocenters. The zero-order valence-electron chi connectivity index (χ0n) is 17.9. The van der Waals surface area contributed by atoms with Crippen LogP contribution in [0.5, 0.6) is 0 Å². The summed E-state index contributed by atoms with van der Waals surface area (Å²) in [4.78, 5) is 12.8. The normalized spacial score (nSPS) is 47.3. The molecule has 27 heavy (non-hydrogen) atoms. The van der Waals surface area contributed by atoms with Gasteiger partial charge >= 0.3 is 5.97 Å². The maximum atomic E-state index is 12.8. The lowest BCUT2D eigenvalue weighted by atomic mass is 9.40. The molecule has 4 heteroatoms. The van der Waals surface area contributed by atoms with Crippen molar-refractivity contribution < 1.29 is 19.7 Å². The van der Waals surface area contributed by atoms with Gasteiger partial charge < -0.3 is 14.9 Å². The molecule has 0 aromatic rings. The highest BCUT2D eigenvalue weighted by atomic mass is 16.5. The first-order chi connectivity index (χ1) is 12.7. The summed E-state index contributed by atoms with van der Waals surface area (Å²) >= 11 is 0. The Morgan fingerprint density at radius 1 is 1.15 bits per heavy atom. The summed E-state index contributed by atoms with van der Waals surface area (Å²) in [6.45, 7) is 9.40. The molecule has 3 aliphatic rings. The summed E-state index contributed by atoms with van der Waals surface area (Å²) in [5.41, 5.74) is -0.364. The number of rotatable bonds is 4. The third-order valence-electron chi connectivity index (χ3n) is 9.18. The van der Waals surface area contributed by atoms with Crippen LogP contribution in [0, 0.1) is 52.3 Å². The molecular formula is C23H40O4. The van der Waals surface area contributed by atoms with E-state index >= 15 is 0 Å². The lowest BCUT2D eigenvalue weighted by Gasteiger charge is -2.64. The Hall–Kier alpha value is -0.610. The Bertz CT molecular complexity index is 546. The molecule has 2 N–H and O–H groups in total. The summed E-state index contributed by atoms with van der Waals surface area (Å²) in [5, 5.41) is 20.6. The van der Waals surface area contributed by atoms with Crippen LogP contribution in [-0.4, -0.2) is 36.5 Å². The first-order valence-corrected chi connectivity index (χ1v) is 11.0. The summed E-state index contributed by atoms with van der Waals surface area (Å²) in [7, 11) is 1.50. The Balaban J connectivity index is 2.01. The predicted octanol–water partition coefficient (Wildman–Crippen LogP) is 3.89. The van der Waals surface area contributed by atoms with E-state index in [1.54, 1.807) is 0 Å². The molecule has 0 amide bonds. The Morgan fingerprint density at radius 2 is 1.85 bits per heavy atom. The Morgan fingerprint density at radius 3 is 2.41 bits per heavy atom. The molecule has 0 saturated heterocycles. The van der Waals surface area contributed by atoms with Gasteiger partial charge in [-0.2, -0.15) is 0 Å². The summed E-state index contributed by atoms with van der Waals surface area (Å²) in [6.07, 6.45) is 6.27. The number of aliphatic hydroxyl groups is 2. The first kappa shape index (κ1) is 21.1. The van der Waals surface area contributed by atoms with Crippen molar-refractivity contribution in [2.45, 2.75) is 66.2 Å². The first-order valence-electron chi connectivity index (χ1n) is 11.0. The zero-order valence-corrected chi connectivity index (χ0v) is 17.9. The molecule has 3 rings (SSSR count). The van der Waals surface area contributed by atoms with Crippen molar-refractivity contribution in [3.63, 3.8) is 0 Å². The van der Waals surface area contributed by atoms with Crippen LogP contribution in [0.4, 0.5) is 0 Å². The average Bonchev–Trinajstić information content (AvgIpc) is 2.65. The van der Waals surface area contributed by atoms with E-state index in [2.05, 4.69) is 27.7 Å². The number of hydrogen-bond donors (Lipinski definition) is 2. The molecule has 0 radical (unpaired) electrons. The molecule has 0 heterocycles. The van der Waals surface area contributed by atoms with Gasteiger partial charge in [0.05, 0.1) is 12.5 Å². The van der Waals surface area contributed by atoms with Gasteiger partial charge in [-0.15, -0.1) is 0 Å². The van der Waals surface area contributed by atoms with Crippen molar-refractivity contribution >= 4 is 5.97 Å². The fraction of sp³-hybridized carbons (Fsp3) is 0.957. The molecule has 3 aliphatic carbocycles. The fourth-order valence-corrected chi connectivity index (χ4v) is 7.91. The van der Waals surface area contributed by atoms with E-state index in [0.29, 0.717) is 23.7 Å². The number of carbonyl (C=O) groups is 1. The Kier molecular flexibility index (Phi) is 5.99. The van der Waals surface area contributed by atoms with Crippen molar-refractivity contribution in [3.05, 3.63) is 0 Å². The zero-order chi connectivity index (χ0) is 20.0. The monoisotopic (exact) mass is 380 g/mol. The molecule has 0 aliphatic heterocycles. The van der Waals surface area contributed by atoms with Crippen LogP contribution in [0.25, 0.3) is 0 Å². The van der Waals surface area contributed by atoms with E-state index in [1.165, 1.54) is 7.11 Å². The molecule has 0 aromatic heterocycles. The van der Waals surface area contributed by atoms with E-state index in [1.807, 2.05) is 0 Å². The lowest BCUT2D eigenvalue weighted by Crippen LogP contribution is -2.61. The van der Waals surface area contributed by atoms with E-state index in [9.17, 15) is 15.0 Å². The number of fused-ring (bicyclic) bond motifs is 3. The number of esters is 1. The number of aliphatic hydroxyl groups excluding tert-OH is 2. The average molecular weight is 381 g/mol. The van der Waals surface area contributed by atoms with Gasteiger partial charge in [-0.3, -0.25) is 4.79 Å². The molecule has 156 valence electrons. The van der Waals surface area contributed by atoms with Gasteiger partial charge in [-0.25, -0.2) is 0 Å². The third-order valence-corrected chi connectivity index (χ3v) is 9.18. The van der Waals surface area contributed by atoms with Gasteiger partial charge in [0.25, 0.3) is 0 Å². The molecule has 0 bridgehead atoms. The quantitative estimate of drug-likeness (QED) is 0.726. The van der Waals surface area contributed by atoms with Crippen molar-refractivity contribution in [2.24, 2.45) is 52.3 Å². The number of hydrogen-bond acceptors (Lipinski definition) is 4. The molecule has 4 nitrogen and oxygen atoms in total. The highest BCUT2D eigenvalue weighted by Crippen LogP contribution is 2.66. The van der Waals surface area contributed by atoms with Crippen LogP contribution in [-0.2, 0) is 9.53 Å². The van der Waals surface area contributed by atoms with Gasteiger partial charge in [0.15, 0.2) is 0 Å². The SMILES string of the molecule is COC(=O)[C@]1(C)CCC[C@@]2(C)[C@H]1C[C@@H](CO)[C@@H]1[C@H](CO)[C@H](C(C)C)CC[C@@H]12. The maximum Gasteiger partial charge on any atom is 0.311 e. The van der Waals surface area contributed by atoms with Crippen LogP contribution in [0.3, 0.4) is 0 Å². The van der Waals surface area contributed by atoms with E-state index in [4.69, 9.17) is 4.74 Å². The molecule has 3 saturated carbocycles. The highest BCUT2D eigenvalue weighted by molar-refractivity contribution is 5.77. The standard InChI is InChI=1S/C23H40O4/c1-14(2)16-7-8-18-20(17(16)13-25)15(12-24)11-19-22(18,3)9-6-10-23(19,4)21(26)27-5/h14-20,24-25H,6-13H2,1-5H3/t15-,16-,17+,18-,19+,20+,22+,23+/m0/s1. The van der Waals surface area contributed by atoms with Crippen LogP contribution >= 0.6 is 0 Å². The number of ether oxygens (including phenoxy) is 1. The molecule has 0 spiro atoms. The van der Waals surface area contributed by atoms with E-state index < -0.39 is 5.41 Å². The van der Waals surface area contributed by atoms with Gasteiger partial charge in [0, 0.05) is 13.2 Å². The number of carbonyl (C=O) groups excluding carboxylic acids is 1. The maximum absolute atomic E-state index is 12.8. The Labute approximate surface area is 165 Å². The molecular weight excluding hydrogens is 340 g/mol. The minimum Gasteiger partial charge on any atom is -0.469 e. The van der Waals surface area contributed by atoms with Crippen LogP contribution < -0.4 is 0 Å². The van der Waals surface area contributed by atoms with Gasteiger partial charge in [0.2, 0.25) is 0 Å². The third kappa shape index (κ3) is 3.15. The number of methoxy groups -OCH3 is 1. The molecule has 0 aromatic carbocycles. The topological polar surface area (TPSA) is 66.8 Å². The van der Waals surface area contributed by atoms with E-state index in [-0.39, 0.29) is 42.4 Å². The minimum absolute atomic E-state index is 0.0804. The minimum atomic E-state index is -0.455. The van der Waals surface area contributed by atoms with Crippen molar-refractivity contribution in [1.82, 2.24) is 0 Å². The smallest absolute Gasteiger partial charge is 0.311 e. The summed E-state index contributed by atoms with van der Waals surface area (Å²) in [6, 6.07) is 0. The van der Waals surface area contributed by atoms with Gasteiger partial charge in [-0.1, -0.05) is 27.2 Å². The van der Waals surface area contributed by atoms with Crippen LogP contribution in [0.15, 0.2) is 0 Å². The fourth-order valence-electron chi connectivity index (χ4n) is 7.91. The summed E-state index contributed by atoms with van der Waals surface area (Å²) in [5.74, 6) is 2.54. The lowest BCUT2D eigenvalue weighted by molar-refractivity contribution is -0.194. The highest BCUT2D eigenvalue weighted by Gasteiger charge is 2.63. The van der Waals surface area contributed by atoms with Crippen molar-refractivity contribution in [1.29, 1.82) is 0 Å². The van der Waals surface area contributed by atoms with Gasteiger partial charge in [-0.05, 0) is 85.9 Å². The molecule has 3 fully saturated rings. The molecule has 8 atom stereocenters. The van der Waals surface area contributed by atoms with E-state index in [0.717, 1.165) is 38.5 Å². The second kappa shape index (κ2) is 7.67. The second-order valence-electron chi connectivity index (χ2n) is 10.5. The van der Waals surface area contributed by atoms with Crippen molar-refractivity contribution in [2.75, 3.05) is 20.3 Å². The second-order valence-corrected chi connectivity index (χ2v) is 10.5. The summed E-state index contributed by atoms with van der Waals surface area (Å²) < 4.78 is 5.24. The van der Waals surface area contributed by atoms with Gasteiger partial charge in [0.1, 0.15) is 0 Å². The van der Waals surface area contributed by atoms with Crippen LogP contribution in [0.2, 0.25) is 0 Å². The largest absolute Gasteiger partial charge is 0.469 e. The van der Waals surface area contributed by atoms with Crippen molar-refractivity contribution in [3.8, 4) is 0 Å². The van der Waals surface area contributed by atoms with Crippen LogP contribution in [0.1, 0.15) is 66.2 Å².